The number of carbonyl (C=O) groups is 1. The molecule has 76 valence electrons. The van der Waals surface area contributed by atoms with E-state index < -0.39 is 0 Å². The van der Waals surface area contributed by atoms with Gasteiger partial charge in [-0.2, -0.15) is 0 Å². The van der Waals surface area contributed by atoms with Gasteiger partial charge in [0.05, 0.1) is 6.54 Å². The fourth-order valence-corrected chi connectivity index (χ4v) is 1.18. The molecule has 13 heavy (non-hydrogen) atoms. The van der Waals surface area contributed by atoms with Gasteiger partial charge in [-0.1, -0.05) is 0 Å². The average Bonchev–Trinajstić information content (AvgIpc) is 2.84. The molecule has 3 N–H and O–H groups in total. The lowest BCUT2D eigenvalue weighted by Gasteiger charge is -2.14. The van der Waals surface area contributed by atoms with Crippen molar-refractivity contribution in [2.75, 3.05) is 33.2 Å². The van der Waals surface area contributed by atoms with E-state index >= 15 is 0 Å². The second-order valence-electron chi connectivity index (χ2n) is 3.77. The van der Waals surface area contributed by atoms with Crippen LogP contribution in [0.2, 0.25) is 0 Å². The molecule has 0 heterocycles. The van der Waals surface area contributed by atoms with Gasteiger partial charge in [-0.15, -0.1) is 0 Å². The number of nitrogens with zero attached hydrogens (tertiary/aromatic N) is 1. The van der Waals surface area contributed by atoms with E-state index in [0.717, 1.165) is 19.0 Å². The van der Waals surface area contributed by atoms with Crippen LogP contribution in [0.4, 0.5) is 0 Å². The third kappa shape index (κ3) is 4.85. The molecule has 1 aliphatic rings. The standard InChI is InChI=1S/C9H19N3O/c1-12(5-4-10)7-9(13)11-6-8-2-3-8/h8H,2-7,10H2,1H3,(H,11,13). The van der Waals surface area contributed by atoms with E-state index in [0.29, 0.717) is 13.1 Å². The molecule has 1 saturated carbocycles. The smallest absolute Gasteiger partial charge is 0.234 e. The summed E-state index contributed by atoms with van der Waals surface area (Å²) in [6, 6.07) is 0. The third-order valence-electron chi connectivity index (χ3n) is 2.21. The summed E-state index contributed by atoms with van der Waals surface area (Å²) < 4.78 is 0. The van der Waals surface area contributed by atoms with Crippen molar-refractivity contribution in [2.45, 2.75) is 12.8 Å². The van der Waals surface area contributed by atoms with Crippen molar-refractivity contribution in [2.24, 2.45) is 11.7 Å². The van der Waals surface area contributed by atoms with E-state index in [1.165, 1.54) is 12.8 Å². The quantitative estimate of drug-likeness (QED) is 0.581. The van der Waals surface area contributed by atoms with Crippen LogP contribution in [0.15, 0.2) is 0 Å². The summed E-state index contributed by atoms with van der Waals surface area (Å²) in [4.78, 5) is 13.2. The molecule has 1 fully saturated rings. The summed E-state index contributed by atoms with van der Waals surface area (Å²) in [6.45, 7) is 2.70. The molecule has 0 spiro atoms. The minimum Gasteiger partial charge on any atom is -0.355 e. The second kappa shape index (κ2) is 5.19. The van der Waals surface area contributed by atoms with Gasteiger partial charge < -0.3 is 11.1 Å². The molecule has 0 aromatic carbocycles. The molecule has 1 aliphatic carbocycles. The van der Waals surface area contributed by atoms with Crippen LogP contribution < -0.4 is 11.1 Å². The van der Waals surface area contributed by atoms with Crippen molar-refractivity contribution < 1.29 is 4.79 Å². The molecule has 0 saturated heterocycles. The van der Waals surface area contributed by atoms with Gasteiger partial charge in [0.25, 0.3) is 0 Å². The van der Waals surface area contributed by atoms with E-state index in [9.17, 15) is 4.79 Å². The highest BCUT2D eigenvalue weighted by Crippen LogP contribution is 2.27. The Balaban J connectivity index is 2.01. The molecule has 4 heteroatoms. The minimum absolute atomic E-state index is 0.114. The Morgan fingerprint density at radius 2 is 2.31 bits per heavy atom. The first-order valence-electron chi connectivity index (χ1n) is 4.87. The fraction of sp³-hybridized carbons (Fsp3) is 0.889. The van der Waals surface area contributed by atoms with Crippen LogP contribution in [0.3, 0.4) is 0 Å². The van der Waals surface area contributed by atoms with Gasteiger partial charge in [-0.25, -0.2) is 0 Å². The highest BCUT2D eigenvalue weighted by Gasteiger charge is 2.21. The van der Waals surface area contributed by atoms with Crippen LogP contribution in [0.5, 0.6) is 0 Å². The Morgan fingerprint density at radius 3 is 2.85 bits per heavy atom. The van der Waals surface area contributed by atoms with Crippen molar-refractivity contribution in [3.63, 3.8) is 0 Å². The zero-order chi connectivity index (χ0) is 9.68. The summed E-state index contributed by atoms with van der Waals surface area (Å²) in [5.74, 6) is 0.867. The highest BCUT2D eigenvalue weighted by atomic mass is 16.2. The molecule has 0 unspecified atom stereocenters. The Labute approximate surface area is 79.5 Å². The monoisotopic (exact) mass is 185 g/mol. The van der Waals surface area contributed by atoms with E-state index in [4.69, 9.17) is 5.73 Å². The first kappa shape index (κ1) is 10.5. The molecule has 4 nitrogen and oxygen atoms in total. The Hall–Kier alpha value is -0.610. The van der Waals surface area contributed by atoms with E-state index in [2.05, 4.69) is 5.32 Å². The maximum atomic E-state index is 11.3. The number of rotatable bonds is 6. The topological polar surface area (TPSA) is 58.4 Å². The molecule has 1 amide bonds. The highest BCUT2D eigenvalue weighted by molar-refractivity contribution is 5.77. The van der Waals surface area contributed by atoms with E-state index in [1.807, 2.05) is 11.9 Å². The Bertz CT molecular complexity index is 168. The Morgan fingerprint density at radius 1 is 1.62 bits per heavy atom. The predicted octanol–water partition coefficient (Wildman–Crippen LogP) is -0.597. The molecule has 0 radical (unpaired) electrons. The van der Waals surface area contributed by atoms with Crippen LogP contribution >= 0.6 is 0 Å². The average molecular weight is 185 g/mol. The SMILES string of the molecule is CN(CCN)CC(=O)NCC1CC1. The molecule has 0 atom stereocenters. The Kier molecular flexibility index (Phi) is 4.18. The van der Waals surface area contributed by atoms with Gasteiger partial charge in [0.1, 0.15) is 0 Å². The summed E-state index contributed by atoms with van der Waals surface area (Å²) in [5.41, 5.74) is 5.36. The maximum Gasteiger partial charge on any atom is 0.234 e. The number of nitrogens with one attached hydrogen (secondary N) is 1. The number of amides is 1. The van der Waals surface area contributed by atoms with Crippen LogP contribution in [0, 0.1) is 5.92 Å². The molecule has 0 aromatic heterocycles. The minimum atomic E-state index is 0.114. The van der Waals surface area contributed by atoms with Gasteiger partial charge in [0.15, 0.2) is 0 Å². The maximum absolute atomic E-state index is 11.3. The van der Waals surface area contributed by atoms with Crippen molar-refractivity contribution in [3.8, 4) is 0 Å². The lowest BCUT2D eigenvalue weighted by molar-refractivity contribution is -0.121. The molecule has 0 aromatic rings. The molecular formula is C9H19N3O. The summed E-state index contributed by atoms with van der Waals surface area (Å²) >= 11 is 0. The number of hydrogen-bond acceptors (Lipinski definition) is 3. The van der Waals surface area contributed by atoms with Gasteiger partial charge in [-0.3, -0.25) is 9.69 Å². The zero-order valence-electron chi connectivity index (χ0n) is 8.25. The van der Waals surface area contributed by atoms with Gasteiger partial charge >= 0.3 is 0 Å². The molecule has 0 aliphatic heterocycles. The number of hydrogen-bond donors (Lipinski definition) is 2. The normalized spacial score (nSPS) is 16.2. The number of nitrogens with two attached hydrogens (primary N) is 1. The number of likely N-dealkylation sites (N-methyl/N-ethyl adjacent to an activating group) is 1. The van der Waals surface area contributed by atoms with Crippen molar-refractivity contribution in [1.29, 1.82) is 0 Å². The van der Waals surface area contributed by atoms with Crippen molar-refractivity contribution >= 4 is 5.91 Å². The summed E-state index contributed by atoms with van der Waals surface area (Å²) in [7, 11) is 1.91. The van der Waals surface area contributed by atoms with Crippen LogP contribution in [-0.2, 0) is 4.79 Å². The second-order valence-corrected chi connectivity index (χ2v) is 3.77. The predicted molar refractivity (Wildman–Crippen MR) is 52.3 cm³/mol. The first-order valence-corrected chi connectivity index (χ1v) is 4.87. The van der Waals surface area contributed by atoms with E-state index in [-0.39, 0.29) is 5.91 Å². The third-order valence-corrected chi connectivity index (χ3v) is 2.21. The number of carbonyl (C=O) groups excluding carboxylic acids is 1. The van der Waals surface area contributed by atoms with Gasteiger partial charge in [0, 0.05) is 19.6 Å². The summed E-state index contributed by atoms with van der Waals surface area (Å²) in [6.07, 6.45) is 2.55. The lowest BCUT2D eigenvalue weighted by Crippen LogP contribution is -2.38. The van der Waals surface area contributed by atoms with Crippen LogP contribution in [0.1, 0.15) is 12.8 Å². The first-order chi connectivity index (χ1) is 6.22. The van der Waals surface area contributed by atoms with Crippen molar-refractivity contribution in [1.82, 2.24) is 10.2 Å². The zero-order valence-corrected chi connectivity index (χ0v) is 8.25. The molecule has 1 rings (SSSR count). The largest absolute Gasteiger partial charge is 0.355 e. The molecule has 0 bridgehead atoms. The van der Waals surface area contributed by atoms with E-state index in [1.54, 1.807) is 0 Å². The van der Waals surface area contributed by atoms with Gasteiger partial charge in [0.2, 0.25) is 5.91 Å². The summed E-state index contributed by atoms with van der Waals surface area (Å²) in [5, 5.41) is 2.91. The van der Waals surface area contributed by atoms with Gasteiger partial charge in [-0.05, 0) is 25.8 Å². The lowest BCUT2D eigenvalue weighted by atomic mass is 10.4. The fourth-order valence-electron chi connectivity index (χ4n) is 1.18. The molecular weight excluding hydrogens is 166 g/mol. The van der Waals surface area contributed by atoms with Crippen molar-refractivity contribution in [3.05, 3.63) is 0 Å². The van der Waals surface area contributed by atoms with Crippen LogP contribution in [-0.4, -0.2) is 44.0 Å². The van der Waals surface area contributed by atoms with Crippen LogP contribution in [0.25, 0.3) is 0 Å².